The van der Waals surface area contributed by atoms with Crippen LogP contribution in [0, 0.1) is 0 Å². The van der Waals surface area contributed by atoms with Crippen LogP contribution < -0.4 is 5.32 Å². The highest BCUT2D eigenvalue weighted by Crippen LogP contribution is 2.17. The second kappa shape index (κ2) is 11.2. The van der Waals surface area contributed by atoms with Gasteiger partial charge >= 0.3 is 0 Å². The van der Waals surface area contributed by atoms with Gasteiger partial charge in [0.05, 0.1) is 6.33 Å². The zero-order valence-electron chi connectivity index (χ0n) is 15.1. The quantitative estimate of drug-likeness (QED) is 0.810. The van der Waals surface area contributed by atoms with Gasteiger partial charge in [-0.15, -0.1) is 24.8 Å². The second-order valence-electron chi connectivity index (χ2n) is 6.41. The van der Waals surface area contributed by atoms with Crippen molar-refractivity contribution in [2.24, 2.45) is 0 Å². The summed E-state index contributed by atoms with van der Waals surface area (Å²) in [4.78, 5) is 19.1. The summed E-state index contributed by atoms with van der Waals surface area (Å²) in [5.41, 5.74) is 1.96. The van der Waals surface area contributed by atoms with E-state index in [1.165, 1.54) is 5.56 Å². The van der Waals surface area contributed by atoms with Gasteiger partial charge in [0.1, 0.15) is 0 Å². The van der Waals surface area contributed by atoms with Gasteiger partial charge in [0.2, 0.25) is 0 Å². The van der Waals surface area contributed by atoms with Crippen LogP contribution in [0.5, 0.6) is 0 Å². The van der Waals surface area contributed by atoms with E-state index in [1.807, 2.05) is 35.0 Å². The lowest BCUT2D eigenvalue weighted by Crippen LogP contribution is -2.46. The number of amides is 1. The maximum Gasteiger partial charge on any atom is 0.254 e. The van der Waals surface area contributed by atoms with E-state index in [0.717, 1.165) is 51.0 Å². The molecule has 2 aromatic rings. The van der Waals surface area contributed by atoms with Crippen LogP contribution in [0.25, 0.3) is 0 Å². The Hall–Kier alpha value is -1.56. The highest BCUT2D eigenvalue weighted by Gasteiger charge is 2.25. The van der Waals surface area contributed by atoms with Gasteiger partial charge in [-0.25, -0.2) is 4.98 Å². The van der Waals surface area contributed by atoms with Crippen LogP contribution in [0.1, 0.15) is 42.1 Å². The maximum absolute atomic E-state index is 13.0. The summed E-state index contributed by atoms with van der Waals surface area (Å²) < 4.78 is 2.02. The van der Waals surface area contributed by atoms with E-state index < -0.39 is 0 Å². The number of nitrogens with zero attached hydrogens (tertiary/aromatic N) is 3. The highest BCUT2D eigenvalue weighted by molar-refractivity contribution is 5.94. The zero-order valence-corrected chi connectivity index (χ0v) is 16.8. The van der Waals surface area contributed by atoms with Gasteiger partial charge in [0.25, 0.3) is 5.91 Å². The summed E-state index contributed by atoms with van der Waals surface area (Å²) in [7, 11) is 0. The molecule has 0 spiro atoms. The third-order valence-electron chi connectivity index (χ3n) is 4.60. The monoisotopic (exact) mass is 398 g/mol. The molecule has 1 saturated heterocycles. The van der Waals surface area contributed by atoms with E-state index in [1.54, 1.807) is 12.5 Å². The second-order valence-corrected chi connectivity index (χ2v) is 6.41. The maximum atomic E-state index is 13.0. The predicted octanol–water partition coefficient (Wildman–Crippen LogP) is 3.38. The average Bonchev–Trinajstić information content (AvgIpc) is 3.13. The lowest BCUT2D eigenvalue weighted by molar-refractivity contribution is 0.0642. The first-order valence-electron chi connectivity index (χ1n) is 8.84. The third-order valence-corrected chi connectivity index (χ3v) is 4.60. The molecule has 26 heavy (non-hydrogen) atoms. The number of carbonyl (C=O) groups is 1. The first kappa shape index (κ1) is 22.5. The van der Waals surface area contributed by atoms with Crippen LogP contribution in [0.15, 0.2) is 43.0 Å². The Morgan fingerprint density at radius 3 is 2.50 bits per heavy atom. The van der Waals surface area contributed by atoms with Crippen molar-refractivity contribution in [2.75, 3.05) is 19.6 Å². The van der Waals surface area contributed by atoms with Crippen LogP contribution >= 0.6 is 24.8 Å². The molecule has 1 aromatic heterocycles. The summed E-state index contributed by atoms with van der Waals surface area (Å²) in [5, 5.41) is 3.37. The van der Waals surface area contributed by atoms with E-state index in [0.29, 0.717) is 6.04 Å². The normalized spacial score (nSPS) is 14.2. The smallest absolute Gasteiger partial charge is 0.254 e. The molecule has 0 saturated carbocycles. The fourth-order valence-corrected chi connectivity index (χ4v) is 3.32. The number of aromatic nitrogens is 2. The molecule has 2 heterocycles. The SMILES string of the molecule is CCCN(C(=O)c1ccc(Cn2ccnc2)cc1)C1CCNCC1.Cl.Cl. The summed E-state index contributed by atoms with van der Waals surface area (Å²) in [6.45, 7) is 5.75. The molecule has 1 aromatic carbocycles. The molecular formula is C19H28Cl2N4O. The van der Waals surface area contributed by atoms with Gasteiger partial charge in [0.15, 0.2) is 0 Å². The number of hydrogen-bond acceptors (Lipinski definition) is 3. The molecule has 7 heteroatoms. The molecule has 0 bridgehead atoms. The lowest BCUT2D eigenvalue weighted by Gasteiger charge is -2.34. The standard InChI is InChI=1S/C19H26N4O.2ClH/c1-2-12-23(18-7-9-20-10-8-18)19(24)17-5-3-16(4-6-17)14-22-13-11-21-15-22;;/h3-6,11,13,15,18,20H,2,7-10,12,14H2,1H3;2*1H. The molecule has 1 amide bonds. The van der Waals surface area contributed by atoms with Crippen molar-refractivity contribution in [2.45, 2.75) is 38.8 Å². The number of hydrogen-bond donors (Lipinski definition) is 1. The minimum Gasteiger partial charge on any atom is -0.336 e. The number of benzene rings is 1. The number of piperidine rings is 1. The third kappa shape index (κ3) is 5.73. The molecule has 1 aliphatic rings. The van der Waals surface area contributed by atoms with E-state index >= 15 is 0 Å². The van der Waals surface area contributed by atoms with E-state index in [2.05, 4.69) is 22.1 Å². The van der Waals surface area contributed by atoms with E-state index in [4.69, 9.17) is 0 Å². The molecule has 144 valence electrons. The number of halogens is 2. The minimum atomic E-state index is 0. The van der Waals surface area contributed by atoms with Crippen molar-refractivity contribution >= 4 is 30.7 Å². The van der Waals surface area contributed by atoms with Crippen molar-refractivity contribution in [3.63, 3.8) is 0 Å². The number of nitrogens with one attached hydrogen (secondary N) is 1. The Balaban J connectivity index is 0.00000169. The minimum absolute atomic E-state index is 0. The Bertz CT molecular complexity index is 640. The first-order chi connectivity index (χ1) is 11.8. The van der Waals surface area contributed by atoms with Crippen LogP contribution in [0.2, 0.25) is 0 Å². The molecule has 0 aliphatic carbocycles. The van der Waals surface area contributed by atoms with Crippen LogP contribution in [-0.4, -0.2) is 46.0 Å². The number of imidazole rings is 1. The summed E-state index contributed by atoms with van der Waals surface area (Å²) in [5.74, 6) is 0.165. The molecule has 0 radical (unpaired) electrons. The van der Waals surface area contributed by atoms with Crippen molar-refractivity contribution in [3.05, 3.63) is 54.1 Å². The van der Waals surface area contributed by atoms with E-state index in [-0.39, 0.29) is 30.7 Å². The molecule has 0 atom stereocenters. The Morgan fingerprint density at radius 2 is 1.92 bits per heavy atom. The molecule has 0 unspecified atom stereocenters. The molecule has 1 N–H and O–H groups in total. The highest BCUT2D eigenvalue weighted by atomic mass is 35.5. The van der Waals surface area contributed by atoms with Gasteiger partial charge in [-0.3, -0.25) is 4.79 Å². The topological polar surface area (TPSA) is 50.2 Å². The summed E-state index contributed by atoms with van der Waals surface area (Å²) >= 11 is 0. The molecular weight excluding hydrogens is 371 g/mol. The molecule has 3 rings (SSSR count). The summed E-state index contributed by atoms with van der Waals surface area (Å²) in [6, 6.07) is 8.36. The van der Waals surface area contributed by atoms with Gasteiger partial charge in [-0.05, 0) is 50.0 Å². The van der Waals surface area contributed by atoms with Gasteiger partial charge < -0.3 is 14.8 Å². The van der Waals surface area contributed by atoms with Crippen LogP contribution in [0.4, 0.5) is 0 Å². The van der Waals surface area contributed by atoms with Crippen molar-refractivity contribution in [3.8, 4) is 0 Å². The van der Waals surface area contributed by atoms with Crippen molar-refractivity contribution in [1.29, 1.82) is 0 Å². The molecule has 5 nitrogen and oxygen atoms in total. The Labute approximate surface area is 168 Å². The first-order valence-corrected chi connectivity index (χ1v) is 8.84. The Kier molecular flexibility index (Phi) is 9.70. The Morgan fingerprint density at radius 1 is 1.23 bits per heavy atom. The fourth-order valence-electron chi connectivity index (χ4n) is 3.32. The molecule has 1 aliphatic heterocycles. The van der Waals surface area contributed by atoms with Gasteiger partial charge in [-0.1, -0.05) is 19.1 Å². The molecule has 1 fully saturated rings. The van der Waals surface area contributed by atoms with Crippen LogP contribution in [-0.2, 0) is 6.54 Å². The van der Waals surface area contributed by atoms with Crippen LogP contribution in [0.3, 0.4) is 0 Å². The predicted molar refractivity (Wildman–Crippen MR) is 109 cm³/mol. The number of rotatable bonds is 6. The fraction of sp³-hybridized carbons (Fsp3) is 0.474. The van der Waals surface area contributed by atoms with E-state index in [9.17, 15) is 4.79 Å². The number of carbonyl (C=O) groups excluding carboxylic acids is 1. The van der Waals surface area contributed by atoms with Crippen molar-refractivity contribution in [1.82, 2.24) is 19.8 Å². The van der Waals surface area contributed by atoms with Crippen molar-refractivity contribution < 1.29 is 4.79 Å². The van der Waals surface area contributed by atoms with Gasteiger partial charge in [-0.2, -0.15) is 0 Å². The largest absolute Gasteiger partial charge is 0.336 e. The summed E-state index contributed by atoms with van der Waals surface area (Å²) in [6.07, 6.45) is 8.61. The average molecular weight is 399 g/mol. The zero-order chi connectivity index (χ0) is 16.8. The lowest BCUT2D eigenvalue weighted by atomic mass is 10.0. The van der Waals surface area contributed by atoms with Gasteiger partial charge in [0, 0.05) is 37.1 Å².